The number of carbonyl (C=O) groups excluding carboxylic acids is 2. The third-order valence-corrected chi connectivity index (χ3v) is 5.29. The van der Waals surface area contributed by atoms with Gasteiger partial charge in [-0.1, -0.05) is 12.8 Å². The molecule has 1 saturated heterocycles. The van der Waals surface area contributed by atoms with Crippen molar-refractivity contribution < 1.29 is 9.59 Å². The molecule has 1 aliphatic heterocycles. The first-order valence-electron chi connectivity index (χ1n) is 8.83. The number of hydrogen-bond donors (Lipinski definition) is 1. The lowest BCUT2D eigenvalue weighted by Gasteiger charge is -2.31. The molecule has 4 nitrogen and oxygen atoms in total. The number of nitrogens with zero attached hydrogens (tertiary/aromatic N) is 1. The standard InChI is InChI=1S/C17H28N2O2/c20-16(18-15-9-10-15)13-5-7-14(8-6-13)17(21)19-11-3-1-2-4-12-19/h13-15H,1-12H2,(H,18,20). The van der Waals surface area contributed by atoms with Crippen molar-refractivity contribution in [2.75, 3.05) is 13.1 Å². The first kappa shape index (κ1) is 14.9. The van der Waals surface area contributed by atoms with Crippen molar-refractivity contribution >= 4 is 11.8 Å². The quantitative estimate of drug-likeness (QED) is 0.868. The van der Waals surface area contributed by atoms with Crippen LogP contribution in [0.25, 0.3) is 0 Å². The fourth-order valence-corrected chi connectivity index (χ4v) is 3.70. The van der Waals surface area contributed by atoms with Crippen LogP contribution in [-0.2, 0) is 9.59 Å². The van der Waals surface area contributed by atoms with Crippen molar-refractivity contribution in [2.24, 2.45) is 11.8 Å². The lowest BCUT2D eigenvalue weighted by Crippen LogP contribution is -2.40. The Morgan fingerprint density at radius 1 is 0.762 bits per heavy atom. The third-order valence-electron chi connectivity index (χ3n) is 5.29. The molecule has 1 N–H and O–H groups in total. The van der Waals surface area contributed by atoms with E-state index in [1.165, 1.54) is 12.8 Å². The second-order valence-corrected chi connectivity index (χ2v) is 7.07. The third kappa shape index (κ3) is 3.98. The summed E-state index contributed by atoms with van der Waals surface area (Å²) in [5, 5.41) is 3.10. The summed E-state index contributed by atoms with van der Waals surface area (Å²) in [6.45, 7) is 1.89. The number of likely N-dealkylation sites (tertiary alicyclic amines) is 1. The molecule has 0 atom stereocenters. The van der Waals surface area contributed by atoms with Gasteiger partial charge in [-0.3, -0.25) is 9.59 Å². The van der Waals surface area contributed by atoms with Gasteiger partial charge in [0.1, 0.15) is 0 Å². The van der Waals surface area contributed by atoms with Gasteiger partial charge in [-0.05, 0) is 51.4 Å². The highest BCUT2D eigenvalue weighted by atomic mass is 16.2. The lowest BCUT2D eigenvalue weighted by atomic mass is 9.81. The predicted molar refractivity (Wildman–Crippen MR) is 81.7 cm³/mol. The van der Waals surface area contributed by atoms with Crippen molar-refractivity contribution in [3.63, 3.8) is 0 Å². The smallest absolute Gasteiger partial charge is 0.225 e. The SMILES string of the molecule is O=C(NC1CC1)C1CCC(C(=O)N2CCCCCC2)CC1. The summed E-state index contributed by atoms with van der Waals surface area (Å²) in [6, 6.07) is 0.453. The van der Waals surface area contributed by atoms with Crippen molar-refractivity contribution in [3.8, 4) is 0 Å². The van der Waals surface area contributed by atoms with Gasteiger partial charge in [0.2, 0.25) is 11.8 Å². The Bertz CT molecular complexity index is 376. The maximum atomic E-state index is 12.6. The molecule has 0 aromatic rings. The van der Waals surface area contributed by atoms with E-state index in [4.69, 9.17) is 0 Å². The molecule has 0 aromatic heterocycles. The molecule has 0 spiro atoms. The molecule has 2 aliphatic carbocycles. The molecule has 3 rings (SSSR count). The van der Waals surface area contributed by atoms with E-state index >= 15 is 0 Å². The van der Waals surface area contributed by atoms with Crippen LogP contribution in [0.1, 0.15) is 64.2 Å². The zero-order valence-electron chi connectivity index (χ0n) is 13.0. The molecule has 21 heavy (non-hydrogen) atoms. The summed E-state index contributed by atoms with van der Waals surface area (Å²) in [5.41, 5.74) is 0. The molecular weight excluding hydrogens is 264 g/mol. The Morgan fingerprint density at radius 3 is 1.90 bits per heavy atom. The van der Waals surface area contributed by atoms with Gasteiger partial charge in [0.25, 0.3) is 0 Å². The highest BCUT2D eigenvalue weighted by Crippen LogP contribution is 2.31. The summed E-state index contributed by atoms with van der Waals surface area (Å²) < 4.78 is 0. The molecule has 0 bridgehead atoms. The molecule has 1 heterocycles. The number of nitrogens with one attached hydrogen (secondary N) is 1. The number of hydrogen-bond acceptors (Lipinski definition) is 2. The van der Waals surface area contributed by atoms with E-state index in [-0.39, 0.29) is 17.7 Å². The Morgan fingerprint density at radius 2 is 1.33 bits per heavy atom. The second-order valence-electron chi connectivity index (χ2n) is 7.07. The van der Waals surface area contributed by atoms with E-state index < -0.39 is 0 Å². The lowest BCUT2D eigenvalue weighted by molar-refractivity contribution is -0.138. The normalized spacial score (nSPS) is 30.6. The largest absolute Gasteiger partial charge is 0.353 e. The van der Waals surface area contributed by atoms with E-state index in [0.717, 1.165) is 64.5 Å². The maximum absolute atomic E-state index is 12.6. The predicted octanol–water partition coefficient (Wildman–Crippen LogP) is 2.47. The van der Waals surface area contributed by atoms with Crippen LogP contribution < -0.4 is 5.32 Å². The van der Waals surface area contributed by atoms with E-state index in [1.807, 2.05) is 0 Å². The molecule has 4 heteroatoms. The minimum atomic E-state index is 0.152. The van der Waals surface area contributed by atoms with Gasteiger partial charge in [-0.15, -0.1) is 0 Å². The molecule has 2 amide bonds. The number of carbonyl (C=O) groups is 2. The first-order valence-corrected chi connectivity index (χ1v) is 8.83. The fourth-order valence-electron chi connectivity index (χ4n) is 3.70. The first-order chi connectivity index (χ1) is 10.2. The van der Waals surface area contributed by atoms with E-state index in [0.29, 0.717) is 11.9 Å². The van der Waals surface area contributed by atoms with Crippen LogP contribution in [0.5, 0.6) is 0 Å². The van der Waals surface area contributed by atoms with E-state index in [2.05, 4.69) is 10.2 Å². The van der Waals surface area contributed by atoms with Crippen LogP contribution in [0.4, 0.5) is 0 Å². The molecule has 0 aromatic carbocycles. The van der Waals surface area contributed by atoms with Crippen LogP contribution in [-0.4, -0.2) is 35.8 Å². The molecule has 0 radical (unpaired) electrons. The molecular formula is C17H28N2O2. The summed E-state index contributed by atoms with van der Waals surface area (Å²) in [6.07, 6.45) is 10.7. The van der Waals surface area contributed by atoms with Crippen molar-refractivity contribution in [2.45, 2.75) is 70.3 Å². The number of rotatable bonds is 3. The Hall–Kier alpha value is -1.06. The molecule has 118 valence electrons. The summed E-state index contributed by atoms with van der Waals surface area (Å²) >= 11 is 0. The molecule has 3 fully saturated rings. The zero-order valence-corrected chi connectivity index (χ0v) is 13.0. The van der Waals surface area contributed by atoms with Crippen LogP contribution in [0.3, 0.4) is 0 Å². The van der Waals surface area contributed by atoms with Crippen molar-refractivity contribution in [1.29, 1.82) is 0 Å². The minimum absolute atomic E-state index is 0.152. The molecule has 0 unspecified atom stereocenters. The van der Waals surface area contributed by atoms with Gasteiger partial charge in [0.05, 0.1) is 0 Å². The van der Waals surface area contributed by atoms with Gasteiger partial charge >= 0.3 is 0 Å². The highest BCUT2D eigenvalue weighted by molar-refractivity contribution is 5.81. The van der Waals surface area contributed by atoms with E-state index in [1.54, 1.807) is 0 Å². The topological polar surface area (TPSA) is 49.4 Å². The summed E-state index contributed by atoms with van der Waals surface area (Å²) in [7, 11) is 0. The Balaban J connectivity index is 1.45. The molecule has 2 saturated carbocycles. The van der Waals surface area contributed by atoms with Crippen molar-refractivity contribution in [3.05, 3.63) is 0 Å². The average Bonchev–Trinajstić information content (AvgIpc) is 3.33. The zero-order chi connectivity index (χ0) is 14.7. The van der Waals surface area contributed by atoms with E-state index in [9.17, 15) is 9.59 Å². The fraction of sp³-hybridized carbons (Fsp3) is 0.882. The Labute approximate surface area is 127 Å². The van der Waals surface area contributed by atoms with Crippen molar-refractivity contribution in [1.82, 2.24) is 10.2 Å². The van der Waals surface area contributed by atoms with Gasteiger partial charge in [-0.25, -0.2) is 0 Å². The maximum Gasteiger partial charge on any atom is 0.225 e. The summed E-state index contributed by atoms with van der Waals surface area (Å²) in [4.78, 5) is 26.7. The Kier molecular flexibility index (Phi) is 4.81. The van der Waals surface area contributed by atoms with Gasteiger partial charge in [-0.2, -0.15) is 0 Å². The monoisotopic (exact) mass is 292 g/mol. The molecule has 3 aliphatic rings. The van der Waals surface area contributed by atoms with Crippen LogP contribution in [0, 0.1) is 11.8 Å². The van der Waals surface area contributed by atoms with Crippen LogP contribution in [0.2, 0.25) is 0 Å². The van der Waals surface area contributed by atoms with Gasteiger partial charge < -0.3 is 10.2 Å². The second kappa shape index (κ2) is 6.80. The van der Waals surface area contributed by atoms with Crippen LogP contribution >= 0.6 is 0 Å². The average molecular weight is 292 g/mol. The number of amides is 2. The minimum Gasteiger partial charge on any atom is -0.353 e. The van der Waals surface area contributed by atoms with Crippen LogP contribution in [0.15, 0.2) is 0 Å². The van der Waals surface area contributed by atoms with Gasteiger partial charge in [0.15, 0.2) is 0 Å². The highest BCUT2D eigenvalue weighted by Gasteiger charge is 2.34. The summed E-state index contributed by atoms with van der Waals surface area (Å²) in [5.74, 6) is 0.919. The van der Waals surface area contributed by atoms with Gasteiger partial charge in [0, 0.05) is 31.0 Å².